The minimum atomic E-state index is 0. The van der Waals surface area contributed by atoms with Crippen LogP contribution in [-0.4, -0.2) is 69.4 Å². The Morgan fingerprint density at radius 3 is 2.34 bits per heavy atom. The Morgan fingerprint density at radius 2 is 1.59 bits per heavy atom. The summed E-state index contributed by atoms with van der Waals surface area (Å²) in [5.41, 5.74) is 3.84. The minimum absolute atomic E-state index is 0. The van der Waals surface area contributed by atoms with E-state index in [0.29, 0.717) is 6.79 Å². The van der Waals surface area contributed by atoms with Crippen LogP contribution in [0.4, 0.5) is 0 Å². The highest BCUT2D eigenvalue weighted by molar-refractivity contribution is 14.0. The molecule has 0 saturated carbocycles. The van der Waals surface area contributed by atoms with Crippen LogP contribution >= 0.6 is 24.0 Å². The first-order valence-corrected chi connectivity index (χ1v) is 11.0. The average molecular weight is 551 g/mol. The molecule has 0 atom stereocenters. The number of hydrogen-bond acceptors (Lipinski definition) is 5. The maximum Gasteiger partial charge on any atom is 0.231 e. The predicted octanol–water partition coefficient (Wildman–Crippen LogP) is 2.69. The van der Waals surface area contributed by atoms with E-state index in [0.717, 1.165) is 69.7 Å². The van der Waals surface area contributed by atoms with Gasteiger partial charge in [0, 0.05) is 52.9 Å². The molecule has 2 heterocycles. The van der Waals surface area contributed by atoms with Gasteiger partial charge in [0.1, 0.15) is 0 Å². The van der Waals surface area contributed by atoms with E-state index >= 15 is 0 Å². The maximum atomic E-state index is 5.45. The molecule has 174 valence electrons. The van der Waals surface area contributed by atoms with Crippen LogP contribution in [-0.2, 0) is 19.5 Å². The second-order valence-electron chi connectivity index (χ2n) is 8.19. The second-order valence-corrected chi connectivity index (χ2v) is 8.19. The Hall–Kier alpha value is -2.04. The fourth-order valence-corrected chi connectivity index (χ4v) is 3.85. The lowest BCUT2D eigenvalue weighted by Crippen LogP contribution is -2.43. The molecule has 2 aliphatic rings. The third-order valence-electron chi connectivity index (χ3n) is 5.85. The normalized spacial score (nSPS) is 16.5. The average Bonchev–Trinajstić information content (AvgIpc) is 3.26. The van der Waals surface area contributed by atoms with Crippen molar-refractivity contribution in [3.05, 3.63) is 59.2 Å². The largest absolute Gasteiger partial charge is 0.454 e. The van der Waals surface area contributed by atoms with Gasteiger partial charge in [0.05, 0.1) is 0 Å². The summed E-state index contributed by atoms with van der Waals surface area (Å²) in [6.07, 6.45) is 0.887. The second kappa shape index (κ2) is 12.3. The molecule has 4 rings (SSSR count). The first kappa shape index (κ1) is 24.6. The Morgan fingerprint density at radius 1 is 0.906 bits per heavy atom. The van der Waals surface area contributed by atoms with Crippen LogP contribution in [0.25, 0.3) is 0 Å². The van der Waals surface area contributed by atoms with E-state index < -0.39 is 0 Å². The first-order valence-electron chi connectivity index (χ1n) is 11.0. The molecule has 1 saturated heterocycles. The van der Waals surface area contributed by atoms with E-state index in [1.165, 1.54) is 16.7 Å². The van der Waals surface area contributed by atoms with Gasteiger partial charge in [0.15, 0.2) is 17.5 Å². The number of rotatable bonds is 7. The van der Waals surface area contributed by atoms with Crippen molar-refractivity contribution in [2.24, 2.45) is 4.99 Å². The molecular weight excluding hydrogens is 517 g/mol. The molecule has 2 aromatic carbocycles. The summed E-state index contributed by atoms with van der Waals surface area (Å²) in [7, 11) is 3.99. The molecule has 7 nitrogen and oxygen atoms in total. The van der Waals surface area contributed by atoms with Crippen molar-refractivity contribution in [1.82, 2.24) is 20.4 Å². The Balaban J connectivity index is 0.00000289. The van der Waals surface area contributed by atoms with Crippen LogP contribution in [0.5, 0.6) is 11.5 Å². The highest BCUT2D eigenvalue weighted by Gasteiger charge is 2.14. The number of guanidine groups is 1. The molecule has 2 N–H and O–H groups in total. The number of aliphatic imine (C=N–C) groups is 1. The molecule has 0 bridgehead atoms. The molecule has 0 aromatic heterocycles. The highest BCUT2D eigenvalue weighted by Crippen LogP contribution is 2.32. The number of hydrogen-bond donors (Lipinski definition) is 2. The van der Waals surface area contributed by atoms with Gasteiger partial charge in [-0.3, -0.25) is 9.89 Å². The van der Waals surface area contributed by atoms with Crippen molar-refractivity contribution in [2.45, 2.75) is 19.5 Å². The molecule has 2 aromatic rings. The van der Waals surface area contributed by atoms with Gasteiger partial charge in [0.2, 0.25) is 6.79 Å². The van der Waals surface area contributed by atoms with Gasteiger partial charge >= 0.3 is 0 Å². The molecule has 8 heteroatoms. The molecule has 32 heavy (non-hydrogen) atoms. The predicted molar refractivity (Wildman–Crippen MR) is 139 cm³/mol. The zero-order valence-corrected chi connectivity index (χ0v) is 21.3. The number of nitrogens with one attached hydrogen (secondary N) is 2. The number of piperazine rings is 1. The molecule has 0 unspecified atom stereocenters. The molecule has 2 aliphatic heterocycles. The highest BCUT2D eigenvalue weighted by atomic mass is 127. The number of likely N-dealkylation sites (N-methyl/N-ethyl adjacent to an activating group) is 1. The molecular formula is C24H34IN5O2. The Kier molecular flexibility index (Phi) is 9.43. The van der Waals surface area contributed by atoms with E-state index in [1.54, 1.807) is 7.05 Å². The Bertz CT molecular complexity index is 882. The zero-order valence-electron chi connectivity index (χ0n) is 19.0. The zero-order chi connectivity index (χ0) is 21.5. The van der Waals surface area contributed by atoms with Crippen molar-refractivity contribution in [2.75, 3.05) is 53.6 Å². The standard InChI is InChI=1S/C24H33N5O2.HI/c1-25-24(26-10-9-19-7-8-22-23(15-19)31-18-30-22)27-16-20-3-5-21(6-4-20)17-29-13-11-28(2)12-14-29;/h3-8,15H,9-14,16-18H2,1-2H3,(H2,25,26,27);1H. The molecule has 0 spiro atoms. The van der Waals surface area contributed by atoms with Gasteiger partial charge < -0.3 is 25.0 Å². The van der Waals surface area contributed by atoms with Crippen LogP contribution in [0.15, 0.2) is 47.5 Å². The molecule has 0 radical (unpaired) electrons. The van der Waals surface area contributed by atoms with E-state index in [1.807, 2.05) is 12.1 Å². The van der Waals surface area contributed by atoms with Crippen molar-refractivity contribution >= 4 is 29.9 Å². The van der Waals surface area contributed by atoms with Crippen molar-refractivity contribution < 1.29 is 9.47 Å². The monoisotopic (exact) mass is 551 g/mol. The minimum Gasteiger partial charge on any atom is -0.454 e. The maximum absolute atomic E-state index is 5.45. The van der Waals surface area contributed by atoms with Gasteiger partial charge in [-0.15, -0.1) is 24.0 Å². The van der Waals surface area contributed by atoms with Crippen LogP contribution in [0.3, 0.4) is 0 Å². The summed E-state index contributed by atoms with van der Waals surface area (Å²) < 4.78 is 10.8. The van der Waals surface area contributed by atoms with Gasteiger partial charge in [-0.1, -0.05) is 30.3 Å². The number of benzene rings is 2. The van der Waals surface area contributed by atoms with Crippen molar-refractivity contribution in [1.29, 1.82) is 0 Å². The Labute approximate surface area is 208 Å². The van der Waals surface area contributed by atoms with Crippen LogP contribution < -0.4 is 20.1 Å². The SMILES string of the molecule is CN=C(NCCc1ccc2c(c1)OCO2)NCc1ccc(CN2CCN(C)CC2)cc1.I. The molecule has 1 fully saturated rings. The number of ether oxygens (including phenoxy) is 2. The van der Waals surface area contributed by atoms with E-state index in [9.17, 15) is 0 Å². The summed E-state index contributed by atoms with van der Waals surface area (Å²) in [6.45, 7) is 7.49. The fourth-order valence-electron chi connectivity index (χ4n) is 3.85. The summed E-state index contributed by atoms with van der Waals surface area (Å²) in [5.74, 6) is 2.46. The topological polar surface area (TPSA) is 61.4 Å². The lowest BCUT2D eigenvalue weighted by atomic mass is 10.1. The number of nitrogens with zero attached hydrogens (tertiary/aromatic N) is 3. The van der Waals surface area contributed by atoms with Gasteiger partial charge in [-0.25, -0.2) is 0 Å². The smallest absolute Gasteiger partial charge is 0.231 e. The van der Waals surface area contributed by atoms with Crippen molar-refractivity contribution in [3.63, 3.8) is 0 Å². The van der Waals surface area contributed by atoms with E-state index in [2.05, 4.69) is 62.8 Å². The van der Waals surface area contributed by atoms with Crippen LogP contribution in [0, 0.1) is 0 Å². The summed E-state index contributed by atoms with van der Waals surface area (Å²) in [5, 5.41) is 6.78. The number of halogens is 1. The summed E-state index contributed by atoms with van der Waals surface area (Å²) in [4.78, 5) is 9.25. The lowest BCUT2D eigenvalue weighted by Gasteiger charge is -2.32. The third kappa shape index (κ3) is 6.98. The van der Waals surface area contributed by atoms with Crippen LogP contribution in [0.2, 0.25) is 0 Å². The first-order chi connectivity index (χ1) is 15.2. The van der Waals surface area contributed by atoms with Crippen LogP contribution in [0.1, 0.15) is 16.7 Å². The molecule has 0 aliphatic carbocycles. The quantitative estimate of drug-likeness (QED) is 0.314. The van der Waals surface area contributed by atoms with Crippen molar-refractivity contribution in [3.8, 4) is 11.5 Å². The summed E-state index contributed by atoms with van der Waals surface area (Å²) in [6, 6.07) is 15.0. The summed E-state index contributed by atoms with van der Waals surface area (Å²) >= 11 is 0. The van der Waals surface area contributed by atoms with E-state index in [-0.39, 0.29) is 24.0 Å². The van der Waals surface area contributed by atoms with E-state index in [4.69, 9.17) is 9.47 Å². The van der Waals surface area contributed by atoms with Gasteiger partial charge in [-0.2, -0.15) is 0 Å². The van der Waals surface area contributed by atoms with Gasteiger partial charge in [-0.05, 0) is 42.3 Å². The van der Waals surface area contributed by atoms with Gasteiger partial charge in [0.25, 0.3) is 0 Å². The third-order valence-corrected chi connectivity index (χ3v) is 5.85. The lowest BCUT2D eigenvalue weighted by molar-refractivity contribution is 0.148. The molecule has 0 amide bonds. The number of fused-ring (bicyclic) bond motifs is 1. The fraction of sp³-hybridized carbons (Fsp3) is 0.458.